The Morgan fingerprint density at radius 2 is 1.86 bits per heavy atom. The number of hydrogen-bond donors (Lipinski definition) is 1. The summed E-state index contributed by atoms with van der Waals surface area (Å²) in [5.74, 6) is 0.670. The molecule has 0 fully saturated rings. The molecule has 106 valence electrons. The second-order valence-electron chi connectivity index (χ2n) is 4.86. The van der Waals surface area contributed by atoms with E-state index in [1.54, 1.807) is 0 Å². The van der Waals surface area contributed by atoms with Crippen LogP contribution in [-0.4, -0.2) is 5.91 Å². The number of amides is 1. The number of hydrogen-bond acceptors (Lipinski definition) is 2. The molecule has 0 aliphatic rings. The highest BCUT2D eigenvalue weighted by molar-refractivity contribution is 14.1. The lowest BCUT2D eigenvalue weighted by molar-refractivity contribution is 0.0935. The van der Waals surface area contributed by atoms with Crippen molar-refractivity contribution in [3.05, 3.63) is 69.5 Å². The van der Waals surface area contributed by atoms with Gasteiger partial charge in [0, 0.05) is 8.96 Å². The Labute approximate surface area is 136 Å². The van der Waals surface area contributed by atoms with E-state index in [9.17, 15) is 4.79 Å². The molecular formula is C17H14INO2. The van der Waals surface area contributed by atoms with Crippen molar-refractivity contribution in [1.82, 2.24) is 5.32 Å². The highest BCUT2D eigenvalue weighted by atomic mass is 127. The zero-order chi connectivity index (χ0) is 14.8. The average molecular weight is 391 g/mol. The molecule has 0 unspecified atom stereocenters. The molecular weight excluding hydrogens is 377 g/mol. The third-order valence-corrected chi connectivity index (χ3v) is 4.28. The van der Waals surface area contributed by atoms with Gasteiger partial charge in [-0.15, -0.1) is 0 Å². The van der Waals surface area contributed by atoms with Crippen LogP contribution in [0.3, 0.4) is 0 Å². The lowest BCUT2D eigenvalue weighted by atomic mass is 10.1. The van der Waals surface area contributed by atoms with Gasteiger partial charge < -0.3 is 9.73 Å². The van der Waals surface area contributed by atoms with Crippen LogP contribution in [-0.2, 0) is 0 Å². The fourth-order valence-corrected chi connectivity index (χ4v) is 2.84. The SMILES string of the molecule is C[C@@H](NC(=O)c1ccccc1I)c1cc2ccccc2o1. The van der Waals surface area contributed by atoms with Crippen LogP contribution in [0.1, 0.15) is 29.1 Å². The summed E-state index contributed by atoms with van der Waals surface area (Å²) < 4.78 is 6.71. The van der Waals surface area contributed by atoms with Crippen LogP contribution in [0.15, 0.2) is 59.0 Å². The Morgan fingerprint density at radius 3 is 2.62 bits per heavy atom. The highest BCUT2D eigenvalue weighted by Gasteiger charge is 2.16. The topological polar surface area (TPSA) is 42.2 Å². The molecule has 1 N–H and O–H groups in total. The van der Waals surface area contributed by atoms with Gasteiger partial charge in [-0.05, 0) is 53.8 Å². The van der Waals surface area contributed by atoms with Crippen LogP contribution >= 0.6 is 22.6 Å². The van der Waals surface area contributed by atoms with Gasteiger partial charge in [-0.1, -0.05) is 30.3 Å². The number of fused-ring (bicyclic) bond motifs is 1. The maximum atomic E-state index is 12.3. The van der Waals surface area contributed by atoms with Crippen molar-refractivity contribution in [1.29, 1.82) is 0 Å². The van der Waals surface area contributed by atoms with E-state index in [2.05, 4.69) is 27.9 Å². The minimum absolute atomic E-state index is 0.0899. The van der Waals surface area contributed by atoms with Gasteiger partial charge in [0.2, 0.25) is 0 Å². The lowest BCUT2D eigenvalue weighted by Gasteiger charge is -2.12. The first-order chi connectivity index (χ1) is 10.1. The summed E-state index contributed by atoms with van der Waals surface area (Å²) in [6.45, 7) is 1.92. The Kier molecular flexibility index (Phi) is 3.96. The number of carbonyl (C=O) groups excluding carboxylic acids is 1. The first kappa shape index (κ1) is 14.1. The van der Waals surface area contributed by atoms with E-state index in [0.717, 1.165) is 20.3 Å². The summed E-state index contributed by atoms with van der Waals surface area (Å²) in [5.41, 5.74) is 1.52. The Morgan fingerprint density at radius 1 is 1.14 bits per heavy atom. The lowest BCUT2D eigenvalue weighted by Crippen LogP contribution is -2.27. The molecule has 3 aromatic rings. The molecule has 0 saturated heterocycles. The maximum Gasteiger partial charge on any atom is 0.252 e. The van der Waals surface area contributed by atoms with E-state index in [0.29, 0.717) is 5.56 Å². The number of para-hydroxylation sites is 1. The third-order valence-electron chi connectivity index (χ3n) is 3.34. The normalized spacial score (nSPS) is 12.3. The third kappa shape index (κ3) is 2.95. The van der Waals surface area contributed by atoms with Crippen molar-refractivity contribution in [2.75, 3.05) is 0 Å². The molecule has 4 heteroatoms. The summed E-state index contributed by atoms with van der Waals surface area (Å²) in [4.78, 5) is 12.3. The van der Waals surface area contributed by atoms with Gasteiger partial charge in [0.15, 0.2) is 0 Å². The van der Waals surface area contributed by atoms with E-state index < -0.39 is 0 Å². The van der Waals surface area contributed by atoms with Crippen molar-refractivity contribution in [2.24, 2.45) is 0 Å². The fourth-order valence-electron chi connectivity index (χ4n) is 2.21. The monoisotopic (exact) mass is 391 g/mol. The van der Waals surface area contributed by atoms with Crippen molar-refractivity contribution in [2.45, 2.75) is 13.0 Å². The number of carbonyl (C=O) groups is 1. The molecule has 1 atom stereocenters. The second kappa shape index (κ2) is 5.89. The van der Waals surface area contributed by atoms with Crippen molar-refractivity contribution < 1.29 is 9.21 Å². The Balaban J connectivity index is 1.81. The van der Waals surface area contributed by atoms with Gasteiger partial charge >= 0.3 is 0 Å². The van der Waals surface area contributed by atoms with Gasteiger partial charge in [-0.3, -0.25) is 4.79 Å². The van der Waals surface area contributed by atoms with Crippen molar-refractivity contribution in [3.63, 3.8) is 0 Å². The van der Waals surface area contributed by atoms with Crippen LogP contribution in [0, 0.1) is 3.57 Å². The standard InChI is InChI=1S/C17H14INO2/c1-11(16-10-12-6-2-5-9-15(12)21-16)19-17(20)13-7-3-4-8-14(13)18/h2-11H,1H3,(H,19,20)/t11-/m1/s1. The first-order valence-corrected chi connectivity index (χ1v) is 7.77. The zero-order valence-corrected chi connectivity index (χ0v) is 13.6. The first-order valence-electron chi connectivity index (χ1n) is 6.69. The van der Waals surface area contributed by atoms with Crippen LogP contribution < -0.4 is 5.32 Å². The molecule has 0 aliphatic heterocycles. The van der Waals surface area contributed by atoms with Crippen LogP contribution in [0.5, 0.6) is 0 Å². The number of halogens is 1. The predicted octanol–water partition coefficient (Wildman–Crippen LogP) is 4.53. The van der Waals surface area contributed by atoms with Crippen molar-refractivity contribution >= 4 is 39.5 Å². The minimum atomic E-state index is -0.180. The molecule has 0 aliphatic carbocycles. The van der Waals surface area contributed by atoms with E-state index in [-0.39, 0.29) is 11.9 Å². The number of furan rings is 1. The zero-order valence-electron chi connectivity index (χ0n) is 11.5. The van der Waals surface area contributed by atoms with Crippen LogP contribution in [0.4, 0.5) is 0 Å². The number of benzene rings is 2. The van der Waals surface area contributed by atoms with Gasteiger partial charge in [-0.25, -0.2) is 0 Å². The molecule has 0 spiro atoms. The van der Waals surface area contributed by atoms with Crippen molar-refractivity contribution in [3.8, 4) is 0 Å². The number of rotatable bonds is 3. The summed E-state index contributed by atoms with van der Waals surface area (Å²) in [6, 6.07) is 17.1. The van der Waals surface area contributed by atoms with E-state index in [4.69, 9.17) is 4.42 Å². The molecule has 1 heterocycles. The van der Waals surface area contributed by atoms with E-state index in [1.807, 2.05) is 61.5 Å². The molecule has 2 aromatic carbocycles. The quantitative estimate of drug-likeness (QED) is 0.667. The summed E-state index contributed by atoms with van der Waals surface area (Å²) in [7, 11) is 0. The van der Waals surface area contributed by atoms with Gasteiger partial charge in [0.25, 0.3) is 5.91 Å². The molecule has 3 rings (SSSR count). The van der Waals surface area contributed by atoms with Crippen LogP contribution in [0.2, 0.25) is 0 Å². The molecule has 1 amide bonds. The Hall–Kier alpha value is -1.82. The molecule has 21 heavy (non-hydrogen) atoms. The van der Waals surface area contributed by atoms with Gasteiger partial charge in [0.1, 0.15) is 11.3 Å². The van der Waals surface area contributed by atoms with Crippen LogP contribution in [0.25, 0.3) is 11.0 Å². The largest absolute Gasteiger partial charge is 0.459 e. The maximum absolute atomic E-state index is 12.3. The highest BCUT2D eigenvalue weighted by Crippen LogP contribution is 2.24. The smallest absolute Gasteiger partial charge is 0.252 e. The fraction of sp³-hybridized carbons (Fsp3) is 0.118. The molecule has 0 saturated carbocycles. The predicted molar refractivity (Wildman–Crippen MR) is 91.3 cm³/mol. The van der Waals surface area contributed by atoms with Gasteiger partial charge in [-0.2, -0.15) is 0 Å². The number of nitrogens with one attached hydrogen (secondary N) is 1. The van der Waals surface area contributed by atoms with E-state index in [1.165, 1.54) is 0 Å². The molecule has 1 aromatic heterocycles. The van der Waals surface area contributed by atoms with E-state index >= 15 is 0 Å². The summed E-state index contributed by atoms with van der Waals surface area (Å²) >= 11 is 2.16. The Bertz CT molecular complexity index is 761. The molecule has 0 bridgehead atoms. The molecule has 3 nitrogen and oxygen atoms in total. The summed E-state index contributed by atoms with van der Waals surface area (Å²) in [6.07, 6.45) is 0. The minimum Gasteiger partial charge on any atom is -0.459 e. The van der Waals surface area contributed by atoms with Gasteiger partial charge in [0.05, 0.1) is 11.6 Å². The summed E-state index contributed by atoms with van der Waals surface area (Å²) in [5, 5.41) is 4.02. The second-order valence-corrected chi connectivity index (χ2v) is 6.02. The molecule has 0 radical (unpaired) electrons. The average Bonchev–Trinajstić information content (AvgIpc) is 2.91.